The first kappa shape index (κ1) is 11.7. The zero-order valence-corrected chi connectivity index (χ0v) is 9.93. The van der Waals surface area contributed by atoms with E-state index in [4.69, 9.17) is 0 Å². The fraction of sp³-hybridized carbons (Fsp3) is 0.308. The molecular formula is C13H16N4. The van der Waals surface area contributed by atoms with Gasteiger partial charge >= 0.3 is 0 Å². The highest BCUT2D eigenvalue weighted by Gasteiger charge is 1.97. The van der Waals surface area contributed by atoms with Gasteiger partial charge in [-0.25, -0.2) is 9.97 Å². The number of hydrogen-bond donors (Lipinski definition) is 1. The van der Waals surface area contributed by atoms with Crippen molar-refractivity contribution in [3.05, 3.63) is 53.9 Å². The predicted octanol–water partition coefficient (Wildman–Crippen LogP) is 1.72. The normalized spacial score (nSPS) is 10.4. The molecule has 0 spiro atoms. The SMILES string of the molecule is CCc1ccc(CNCc2ncccn2)nc1. The van der Waals surface area contributed by atoms with E-state index in [0.717, 1.165) is 24.5 Å². The van der Waals surface area contributed by atoms with Crippen molar-refractivity contribution in [2.75, 3.05) is 0 Å². The van der Waals surface area contributed by atoms with Crippen LogP contribution in [0, 0.1) is 0 Å². The van der Waals surface area contributed by atoms with Crippen LogP contribution in [0.3, 0.4) is 0 Å². The topological polar surface area (TPSA) is 50.7 Å². The first-order valence-corrected chi connectivity index (χ1v) is 5.79. The highest BCUT2D eigenvalue weighted by molar-refractivity contribution is 5.13. The van der Waals surface area contributed by atoms with Gasteiger partial charge in [0.15, 0.2) is 0 Å². The molecule has 17 heavy (non-hydrogen) atoms. The van der Waals surface area contributed by atoms with Gasteiger partial charge in [0.2, 0.25) is 0 Å². The Morgan fingerprint density at radius 2 is 1.88 bits per heavy atom. The van der Waals surface area contributed by atoms with E-state index in [9.17, 15) is 0 Å². The molecule has 0 aliphatic rings. The monoisotopic (exact) mass is 228 g/mol. The first-order valence-electron chi connectivity index (χ1n) is 5.79. The van der Waals surface area contributed by atoms with Crippen LogP contribution in [0.4, 0.5) is 0 Å². The summed E-state index contributed by atoms with van der Waals surface area (Å²) in [7, 11) is 0. The Morgan fingerprint density at radius 3 is 2.53 bits per heavy atom. The highest BCUT2D eigenvalue weighted by Crippen LogP contribution is 2.00. The lowest BCUT2D eigenvalue weighted by Crippen LogP contribution is -2.15. The van der Waals surface area contributed by atoms with Gasteiger partial charge in [0.05, 0.1) is 12.2 Å². The molecule has 0 unspecified atom stereocenters. The minimum absolute atomic E-state index is 0.665. The molecular weight excluding hydrogens is 212 g/mol. The first-order chi connectivity index (χ1) is 8.38. The van der Waals surface area contributed by atoms with Crippen molar-refractivity contribution in [2.45, 2.75) is 26.4 Å². The van der Waals surface area contributed by atoms with E-state index in [1.807, 2.05) is 12.3 Å². The van der Waals surface area contributed by atoms with Crippen LogP contribution < -0.4 is 5.32 Å². The Bertz CT molecular complexity index is 439. The molecule has 4 heteroatoms. The van der Waals surface area contributed by atoms with Crippen molar-refractivity contribution in [1.29, 1.82) is 0 Å². The van der Waals surface area contributed by atoms with E-state index in [1.165, 1.54) is 5.56 Å². The average Bonchev–Trinajstić information content (AvgIpc) is 2.41. The lowest BCUT2D eigenvalue weighted by molar-refractivity contribution is 0.651. The van der Waals surface area contributed by atoms with Crippen LogP contribution in [0.5, 0.6) is 0 Å². The van der Waals surface area contributed by atoms with Gasteiger partial charge < -0.3 is 5.32 Å². The second kappa shape index (κ2) is 6.06. The molecule has 0 aliphatic carbocycles. The molecule has 0 amide bonds. The van der Waals surface area contributed by atoms with Crippen LogP contribution in [-0.2, 0) is 19.5 Å². The molecule has 0 fully saturated rings. The third-order valence-corrected chi connectivity index (χ3v) is 2.50. The summed E-state index contributed by atoms with van der Waals surface area (Å²) in [5, 5.41) is 3.27. The van der Waals surface area contributed by atoms with Gasteiger partial charge in [0.1, 0.15) is 5.82 Å². The Balaban J connectivity index is 1.82. The number of pyridine rings is 1. The van der Waals surface area contributed by atoms with Crippen molar-refractivity contribution >= 4 is 0 Å². The van der Waals surface area contributed by atoms with Crippen LogP contribution in [0.15, 0.2) is 36.8 Å². The maximum atomic E-state index is 4.38. The van der Waals surface area contributed by atoms with E-state index in [-0.39, 0.29) is 0 Å². The maximum absolute atomic E-state index is 4.38. The third-order valence-electron chi connectivity index (χ3n) is 2.50. The summed E-state index contributed by atoms with van der Waals surface area (Å²) in [5.74, 6) is 0.803. The van der Waals surface area contributed by atoms with Gasteiger partial charge in [0, 0.05) is 25.1 Å². The summed E-state index contributed by atoms with van der Waals surface area (Å²) >= 11 is 0. The predicted molar refractivity (Wildman–Crippen MR) is 66.2 cm³/mol. The molecule has 0 bridgehead atoms. The van der Waals surface area contributed by atoms with Crippen molar-refractivity contribution in [3.63, 3.8) is 0 Å². The van der Waals surface area contributed by atoms with Gasteiger partial charge in [-0.2, -0.15) is 0 Å². The van der Waals surface area contributed by atoms with Gasteiger partial charge in [-0.3, -0.25) is 4.98 Å². The maximum Gasteiger partial charge on any atom is 0.141 e. The molecule has 2 heterocycles. The van der Waals surface area contributed by atoms with E-state index in [2.05, 4.69) is 39.3 Å². The molecule has 0 saturated heterocycles. The van der Waals surface area contributed by atoms with Crippen LogP contribution in [0.2, 0.25) is 0 Å². The summed E-state index contributed by atoms with van der Waals surface area (Å²) < 4.78 is 0. The van der Waals surface area contributed by atoms with Crippen molar-refractivity contribution in [3.8, 4) is 0 Å². The molecule has 0 saturated carbocycles. The highest BCUT2D eigenvalue weighted by atomic mass is 15.0. The summed E-state index contributed by atoms with van der Waals surface area (Å²) in [5.41, 5.74) is 2.30. The molecule has 0 atom stereocenters. The third kappa shape index (κ3) is 3.60. The standard InChI is InChI=1S/C13H16N4/c1-2-11-4-5-12(17-8-11)9-14-10-13-15-6-3-7-16-13/h3-8,14H,2,9-10H2,1H3. The molecule has 4 nitrogen and oxygen atoms in total. The van der Waals surface area contributed by atoms with Gasteiger partial charge in [-0.15, -0.1) is 0 Å². The molecule has 0 aromatic carbocycles. The summed E-state index contributed by atoms with van der Waals surface area (Å²) in [6.45, 7) is 3.53. The molecule has 2 aromatic heterocycles. The lowest BCUT2D eigenvalue weighted by atomic mass is 10.2. The Morgan fingerprint density at radius 1 is 1.06 bits per heavy atom. The number of rotatable bonds is 5. The van der Waals surface area contributed by atoms with Gasteiger partial charge in [-0.05, 0) is 24.1 Å². The van der Waals surface area contributed by atoms with Crippen LogP contribution in [0.25, 0.3) is 0 Å². The smallest absolute Gasteiger partial charge is 0.141 e. The lowest BCUT2D eigenvalue weighted by Gasteiger charge is -2.04. The average molecular weight is 228 g/mol. The van der Waals surface area contributed by atoms with E-state index in [1.54, 1.807) is 12.4 Å². The van der Waals surface area contributed by atoms with Crippen molar-refractivity contribution in [1.82, 2.24) is 20.3 Å². The van der Waals surface area contributed by atoms with Gasteiger partial charge in [0.25, 0.3) is 0 Å². The number of nitrogens with zero attached hydrogens (tertiary/aromatic N) is 3. The van der Waals surface area contributed by atoms with Crippen LogP contribution in [-0.4, -0.2) is 15.0 Å². The quantitative estimate of drug-likeness (QED) is 0.846. The molecule has 2 aromatic rings. The minimum atomic E-state index is 0.665. The molecule has 1 N–H and O–H groups in total. The fourth-order valence-corrected chi connectivity index (χ4v) is 1.49. The number of hydrogen-bond acceptors (Lipinski definition) is 4. The minimum Gasteiger partial charge on any atom is -0.304 e. The molecule has 88 valence electrons. The zero-order chi connectivity index (χ0) is 11.9. The molecule has 2 rings (SSSR count). The van der Waals surface area contributed by atoms with Crippen LogP contribution >= 0.6 is 0 Å². The molecule has 0 aliphatic heterocycles. The number of nitrogens with one attached hydrogen (secondary N) is 1. The summed E-state index contributed by atoms with van der Waals surface area (Å²) in [6.07, 6.45) is 6.45. The number of aryl methyl sites for hydroxylation is 1. The Kier molecular flexibility index (Phi) is 4.16. The van der Waals surface area contributed by atoms with Gasteiger partial charge in [-0.1, -0.05) is 13.0 Å². The second-order valence-electron chi connectivity index (χ2n) is 3.78. The largest absolute Gasteiger partial charge is 0.304 e. The van der Waals surface area contributed by atoms with E-state index < -0.39 is 0 Å². The summed E-state index contributed by atoms with van der Waals surface area (Å²) in [4.78, 5) is 12.7. The Hall–Kier alpha value is -1.81. The summed E-state index contributed by atoms with van der Waals surface area (Å²) in [6, 6.07) is 5.98. The number of aromatic nitrogens is 3. The second-order valence-corrected chi connectivity index (χ2v) is 3.78. The van der Waals surface area contributed by atoms with Crippen LogP contribution in [0.1, 0.15) is 24.0 Å². The van der Waals surface area contributed by atoms with Crippen molar-refractivity contribution in [2.24, 2.45) is 0 Å². The van der Waals surface area contributed by atoms with E-state index in [0.29, 0.717) is 6.54 Å². The molecule has 0 radical (unpaired) electrons. The zero-order valence-electron chi connectivity index (χ0n) is 9.93. The van der Waals surface area contributed by atoms with E-state index >= 15 is 0 Å². The van der Waals surface area contributed by atoms with Crippen molar-refractivity contribution < 1.29 is 0 Å². The Labute approximate surface area is 101 Å². The fourth-order valence-electron chi connectivity index (χ4n) is 1.49.